The van der Waals surface area contributed by atoms with Crippen LogP contribution in [0.2, 0.25) is 0 Å². The van der Waals surface area contributed by atoms with Crippen LogP contribution in [-0.2, 0) is 19.6 Å². The molecule has 0 saturated carbocycles. The van der Waals surface area contributed by atoms with Crippen LogP contribution in [0.5, 0.6) is 0 Å². The number of rotatable bonds is 9. The molecule has 0 aliphatic carbocycles. The van der Waals surface area contributed by atoms with Crippen molar-refractivity contribution in [2.45, 2.75) is 78.3 Å². The maximum atomic E-state index is 12.3. The normalized spacial score (nSPS) is 19.9. The Morgan fingerprint density at radius 3 is 2.37 bits per heavy atom. The SMILES string of the molecule is Cc1c(NC(=O)CCCCNS(=O)(=O)C(C)C)ccc(N2C[C@@H](C)O[C@@H](C)C2)c1C. The maximum absolute atomic E-state index is 12.3. The van der Waals surface area contributed by atoms with Gasteiger partial charge >= 0.3 is 0 Å². The molecule has 2 rings (SSSR count). The maximum Gasteiger partial charge on any atom is 0.224 e. The summed E-state index contributed by atoms with van der Waals surface area (Å²) in [5.74, 6) is -0.0504. The van der Waals surface area contributed by atoms with Crippen molar-refractivity contribution >= 4 is 27.3 Å². The lowest BCUT2D eigenvalue weighted by molar-refractivity contribution is -0.116. The molecular formula is C22H37N3O4S. The number of nitrogens with zero attached hydrogens (tertiary/aromatic N) is 1. The number of hydrogen-bond acceptors (Lipinski definition) is 5. The van der Waals surface area contributed by atoms with E-state index in [0.29, 0.717) is 25.8 Å². The van der Waals surface area contributed by atoms with E-state index >= 15 is 0 Å². The van der Waals surface area contributed by atoms with Crippen LogP contribution in [0.15, 0.2) is 12.1 Å². The second kappa shape index (κ2) is 10.6. The van der Waals surface area contributed by atoms with Gasteiger partial charge in [-0.3, -0.25) is 4.79 Å². The zero-order chi connectivity index (χ0) is 22.5. The van der Waals surface area contributed by atoms with Crippen LogP contribution in [0, 0.1) is 13.8 Å². The van der Waals surface area contributed by atoms with Crippen LogP contribution >= 0.6 is 0 Å². The van der Waals surface area contributed by atoms with Crippen molar-refractivity contribution in [3.63, 3.8) is 0 Å². The smallest absolute Gasteiger partial charge is 0.224 e. The fourth-order valence-corrected chi connectivity index (χ4v) is 4.43. The van der Waals surface area contributed by atoms with Crippen LogP contribution in [0.3, 0.4) is 0 Å². The van der Waals surface area contributed by atoms with Crippen LogP contribution in [0.1, 0.15) is 58.1 Å². The number of carbonyl (C=O) groups excluding carboxylic acids is 1. The van der Waals surface area contributed by atoms with E-state index in [9.17, 15) is 13.2 Å². The van der Waals surface area contributed by atoms with E-state index in [0.717, 1.165) is 29.9 Å². The number of anilines is 2. The van der Waals surface area contributed by atoms with Crippen molar-refractivity contribution in [3.8, 4) is 0 Å². The van der Waals surface area contributed by atoms with Gasteiger partial charge in [-0.25, -0.2) is 13.1 Å². The third kappa shape index (κ3) is 6.68. The van der Waals surface area contributed by atoms with Crippen LogP contribution in [-0.4, -0.2) is 51.4 Å². The molecule has 1 aromatic carbocycles. The quantitative estimate of drug-likeness (QED) is 0.576. The molecule has 170 valence electrons. The van der Waals surface area contributed by atoms with E-state index < -0.39 is 15.3 Å². The van der Waals surface area contributed by atoms with Gasteiger partial charge < -0.3 is 15.0 Å². The molecule has 1 aromatic rings. The molecule has 2 atom stereocenters. The molecule has 2 N–H and O–H groups in total. The number of amides is 1. The van der Waals surface area contributed by atoms with E-state index in [2.05, 4.69) is 41.8 Å². The zero-order valence-electron chi connectivity index (χ0n) is 19.1. The van der Waals surface area contributed by atoms with Crippen molar-refractivity contribution in [2.24, 2.45) is 0 Å². The van der Waals surface area contributed by atoms with E-state index in [4.69, 9.17) is 4.74 Å². The standard InChI is InChI=1S/C22H37N3O4S/c1-15(2)30(27,28)23-12-8-7-9-22(26)24-20-10-11-21(19(6)18(20)5)25-13-16(3)29-17(4)14-25/h10-11,15-17,23H,7-9,12-14H2,1-6H3,(H,24,26)/t16-,17+. The van der Waals surface area contributed by atoms with Crippen molar-refractivity contribution in [1.82, 2.24) is 4.72 Å². The first kappa shape index (κ1) is 24.6. The summed E-state index contributed by atoms with van der Waals surface area (Å²) in [6.07, 6.45) is 2.01. The average Bonchev–Trinajstić information content (AvgIpc) is 2.64. The van der Waals surface area contributed by atoms with Gasteiger partial charge in [-0.05, 0) is 77.6 Å². The summed E-state index contributed by atoms with van der Waals surface area (Å²) in [6, 6.07) is 4.04. The van der Waals surface area contributed by atoms with Crippen LogP contribution in [0.4, 0.5) is 11.4 Å². The van der Waals surface area contributed by atoms with E-state index in [-0.39, 0.29) is 18.1 Å². The first-order chi connectivity index (χ1) is 14.0. The number of morpholine rings is 1. The number of nitrogens with one attached hydrogen (secondary N) is 2. The summed E-state index contributed by atoms with van der Waals surface area (Å²) in [5.41, 5.74) is 4.25. The molecule has 0 bridgehead atoms. The summed E-state index contributed by atoms with van der Waals surface area (Å²) >= 11 is 0. The predicted molar refractivity (Wildman–Crippen MR) is 123 cm³/mol. The van der Waals surface area contributed by atoms with Gasteiger partial charge in [-0.15, -0.1) is 0 Å². The second-order valence-electron chi connectivity index (χ2n) is 8.54. The summed E-state index contributed by atoms with van der Waals surface area (Å²) < 4.78 is 31.8. The van der Waals surface area contributed by atoms with E-state index in [1.54, 1.807) is 13.8 Å². The van der Waals surface area contributed by atoms with Gasteiger partial charge in [0.05, 0.1) is 17.5 Å². The minimum Gasteiger partial charge on any atom is -0.372 e. The third-order valence-corrected chi connectivity index (χ3v) is 7.40. The van der Waals surface area contributed by atoms with Crippen LogP contribution < -0.4 is 14.9 Å². The molecule has 1 fully saturated rings. The molecule has 1 saturated heterocycles. The highest BCUT2D eigenvalue weighted by Crippen LogP contribution is 2.30. The first-order valence-corrected chi connectivity index (χ1v) is 12.3. The van der Waals surface area contributed by atoms with Crippen molar-refractivity contribution in [2.75, 3.05) is 29.9 Å². The van der Waals surface area contributed by atoms with Gasteiger partial charge in [0.15, 0.2) is 0 Å². The number of ether oxygens (including phenoxy) is 1. The average molecular weight is 440 g/mol. The lowest BCUT2D eigenvalue weighted by Gasteiger charge is -2.38. The molecule has 0 aromatic heterocycles. The van der Waals surface area contributed by atoms with Gasteiger partial charge in [0, 0.05) is 37.4 Å². The van der Waals surface area contributed by atoms with Crippen LogP contribution in [0.25, 0.3) is 0 Å². The fraction of sp³-hybridized carbons (Fsp3) is 0.682. The monoisotopic (exact) mass is 439 g/mol. The highest BCUT2D eigenvalue weighted by molar-refractivity contribution is 7.90. The van der Waals surface area contributed by atoms with Crippen molar-refractivity contribution < 1.29 is 17.9 Å². The zero-order valence-corrected chi connectivity index (χ0v) is 19.9. The van der Waals surface area contributed by atoms with Gasteiger partial charge in [0.1, 0.15) is 0 Å². The molecule has 0 spiro atoms. The highest BCUT2D eigenvalue weighted by atomic mass is 32.2. The molecule has 1 amide bonds. The van der Waals surface area contributed by atoms with Gasteiger partial charge in [-0.1, -0.05) is 0 Å². The Labute approximate surface area is 181 Å². The number of unbranched alkanes of at least 4 members (excludes halogenated alkanes) is 1. The van der Waals surface area contributed by atoms with E-state index in [1.807, 2.05) is 13.0 Å². The molecule has 0 unspecified atom stereocenters. The Morgan fingerprint density at radius 2 is 1.77 bits per heavy atom. The second-order valence-corrected chi connectivity index (χ2v) is 10.9. The Morgan fingerprint density at radius 1 is 1.13 bits per heavy atom. The van der Waals surface area contributed by atoms with Gasteiger partial charge in [0.25, 0.3) is 0 Å². The summed E-state index contributed by atoms with van der Waals surface area (Å²) in [6.45, 7) is 13.7. The third-order valence-electron chi connectivity index (χ3n) is 5.55. The summed E-state index contributed by atoms with van der Waals surface area (Å²) in [7, 11) is -3.24. The molecule has 30 heavy (non-hydrogen) atoms. The molecule has 1 aliphatic rings. The predicted octanol–water partition coefficient (Wildman–Crippen LogP) is 3.35. The number of sulfonamides is 1. The summed E-state index contributed by atoms with van der Waals surface area (Å²) in [4.78, 5) is 14.7. The number of hydrogen-bond donors (Lipinski definition) is 2. The topological polar surface area (TPSA) is 87.7 Å². The van der Waals surface area contributed by atoms with Crippen molar-refractivity contribution in [3.05, 3.63) is 23.3 Å². The Kier molecular flexibility index (Phi) is 8.70. The Bertz CT molecular complexity index is 829. The minimum absolute atomic E-state index is 0.0504. The molecule has 8 heteroatoms. The Balaban J connectivity index is 1.88. The molecular weight excluding hydrogens is 402 g/mol. The highest BCUT2D eigenvalue weighted by Gasteiger charge is 2.24. The lowest BCUT2D eigenvalue weighted by Crippen LogP contribution is -2.45. The van der Waals surface area contributed by atoms with Crippen molar-refractivity contribution in [1.29, 1.82) is 0 Å². The van der Waals surface area contributed by atoms with Gasteiger partial charge in [-0.2, -0.15) is 0 Å². The largest absolute Gasteiger partial charge is 0.372 e. The van der Waals surface area contributed by atoms with E-state index in [1.165, 1.54) is 5.69 Å². The lowest BCUT2D eigenvalue weighted by atomic mass is 10.0. The minimum atomic E-state index is -3.24. The number of carbonyl (C=O) groups is 1. The van der Waals surface area contributed by atoms with Gasteiger partial charge in [0.2, 0.25) is 15.9 Å². The fourth-order valence-electron chi connectivity index (χ4n) is 3.66. The molecule has 7 nitrogen and oxygen atoms in total. The molecule has 1 aliphatic heterocycles. The molecule has 1 heterocycles. The first-order valence-electron chi connectivity index (χ1n) is 10.8. The molecule has 0 radical (unpaired) electrons. The Hall–Kier alpha value is -1.64. The summed E-state index contributed by atoms with van der Waals surface area (Å²) in [5, 5.41) is 2.56. The number of benzene rings is 1.